The highest BCUT2D eigenvalue weighted by Crippen LogP contribution is 2.27. The molecule has 2 rings (SSSR count). The Balaban J connectivity index is 2.25. The van der Waals surface area contributed by atoms with Gasteiger partial charge in [0.15, 0.2) is 0 Å². The minimum atomic E-state index is -4.92. The van der Waals surface area contributed by atoms with Gasteiger partial charge in [0.25, 0.3) is 0 Å². The van der Waals surface area contributed by atoms with Gasteiger partial charge in [-0.2, -0.15) is 18.2 Å². The molecule has 0 radical (unpaired) electrons. The fourth-order valence-electron chi connectivity index (χ4n) is 1.47. The molecule has 4 nitrogen and oxygen atoms in total. The van der Waals surface area contributed by atoms with Crippen LogP contribution in [0.3, 0.4) is 0 Å². The molecular weight excluding hydrogens is 261 g/mol. The van der Waals surface area contributed by atoms with E-state index in [9.17, 15) is 18.0 Å². The smallest absolute Gasteiger partial charge is 0.338 e. The summed E-state index contributed by atoms with van der Waals surface area (Å²) in [6.07, 6.45) is -4.92. The quantitative estimate of drug-likeness (QED) is 0.860. The molecule has 0 aliphatic carbocycles. The summed E-state index contributed by atoms with van der Waals surface area (Å²) in [6.45, 7) is 1.08. The second-order valence-electron chi connectivity index (χ2n) is 3.91. The molecule has 0 aliphatic heterocycles. The lowest BCUT2D eigenvalue weighted by Gasteiger charge is -2.08. The molecule has 19 heavy (non-hydrogen) atoms. The van der Waals surface area contributed by atoms with E-state index in [4.69, 9.17) is 4.52 Å². The van der Waals surface area contributed by atoms with E-state index in [-0.39, 0.29) is 11.7 Å². The van der Waals surface area contributed by atoms with Crippen molar-refractivity contribution in [3.63, 3.8) is 0 Å². The number of benzene rings is 1. The fraction of sp³-hybridized carbons (Fsp3) is 0.250. The normalized spacial score (nSPS) is 13.3. The van der Waals surface area contributed by atoms with Crippen LogP contribution in [-0.2, 0) is 4.79 Å². The molecule has 7 heteroatoms. The maximum absolute atomic E-state index is 12.3. The number of carbonyl (C=O) groups is 1. The van der Waals surface area contributed by atoms with E-state index >= 15 is 0 Å². The Morgan fingerprint density at radius 1 is 1.26 bits per heavy atom. The highest BCUT2D eigenvalue weighted by molar-refractivity contribution is 5.89. The first-order valence-electron chi connectivity index (χ1n) is 5.39. The van der Waals surface area contributed by atoms with E-state index in [2.05, 4.69) is 10.1 Å². The minimum absolute atomic E-state index is 0.150. The van der Waals surface area contributed by atoms with Crippen molar-refractivity contribution in [2.75, 3.05) is 0 Å². The van der Waals surface area contributed by atoms with Gasteiger partial charge in [-0.25, -0.2) is 0 Å². The van der Waals surface area contributed by atoms with Crippen molar-refractivity contribution in [3.8, 4) is 11.4 Å². The number of rotatable bonds is 3. The van der Waals surface area contributed by atoms with Crippen LogP contribution in [0, 0.1) is 0 Å². The Hall–Kier alpha value is -2.18. The summed E-state index contributed by atoms with van der Waals surface area (Å²) in [4.78, 5) is 14.9. The first kappa shape index (κ1) is 13.3. The van der Waals surface area contributed by atoms with Crippen LogP contribution < -0.4 is 0 Å². The summed E-state index contributed by atoms with van der Waals surface area (Å²) >= 11 is 0. The predicted octanol–water partition coefficient (Wildman–Crippen LogP) is 2.97. The average molecular weight is 270 g/mol. The van der Waals surface area contributed by atoms with Crippen molar-refractivity contribution in [1.82, 2.24) is 10.1 Å². The van der Waals surface area contributed by atoms with Gasteiger partial charge in [-0.3, -0.25) is 4.79 Å². The largest absolute Gasteiger partial charge is 0.450 e. The third-order valence-corrected chi connectivity index (χ3v) is 2.52. The number of carbonyl (C=O) groups excluding carboxylic acids is 1. The lowest BCUT2D eigenvalue weighted by Crippen LogP contribution is -2.27. The number of hydrogen-bond donors (Lipinski definition) is 0. The van der Waals surface area contributed by atoms with Gasteiger partial charge in [0.2, 0.25) is 17.5 Å². The highest BCUT2D eigenvalue weighted by Gasteiger charge is 2.44. The summed E-state index contributed by atoms with van der Waals surface area (Å²) in [7, 11) is 0. The third kappa shape index (κ3) is 2.81. The molecule has 1 unspecified atom stereocenters. The monoisotopic (exact) mass is 270 g/mol. The number of alkyl halides is 3. The van der Waals surface area contributed by atoms with Crippen LogP contribution in [0.5, 0.6) is 0 Å². The molecular formula is C12H9F3N2O2. The van der Waals surface area contributed by atoms with Crippen molar-refractivity contribution >= 4 is 5.78 Å². The van der Waals surface area contributed by atoms with E-state index in [1.165, 1.54) is 0 Å². The lowest BCUT2D eigenvalue weighted by atomic mass is 10.1. The van der Waals surface area contributed by atoms with Crippen LogP contribution in [0.25, 0.3) is 11.4 Å². The second kappa shape index (κ2) is 4.83. The topological polar surface area (TPSA) is 56.0 Å². The van der Waals surface area contributed by atoms with Crippen molar-refractivity contribution < 1.29 is 22.5 Å². The van der Waals surface area contributed by atoms with Gasteiger partial charge in [-0.05, 0) is 6.92 Å². The zero-order chi connectivity index (χ0) is 14.0. The van der Waals surface area contributed by atoms with Crippen molar-refractivity contribution in [2.45, 2.75) is 19.0 Å². The van der Waals surface area contributed by atoms with Crippen LogP contribution in [0.2, 0.25) is 0 Å². The number of hydrogen-bond acceptors (Lipinski definition) is 4. The van der Waals surface area contributed by atoms with E-state index < -0.39 is 17.9 Å². The first-order chi connectivity index (χ1) is 8.89. The first-order valence-corrected chi connectivity index (χ1v) is 5.39. The molecule has 1 aromatic carbocycles. The standard InChI is InChI=1S/C12H9F3N2O2/c1-7(9(18)12(13,14)15)11-16-10(17-19-11)8-5-3-2-4-6-8/h2-7H,1H3. The zero-order valence-electron chi connectivity index (χ0n) is 9.81. The molecule has 1 aromatic heterocycles. The van der Waals surface area contributed by atoms with Gasteiger partial charge >= 0.3 is 6.18 Å². The molecule has 1 atom stereocenters. The number of ketones is 1. The Bertz CT molecular complexity index is 578. The molecule has 0 fully saturated rings. The van der Waals surface area contributed by atoms with Crippen molar-refractivity contribution in [2.24, 2.45) is 0 Å². The molecule has 2 aromatic rings. The van der Waals surface area contributed by atoms with Gasteiger partial charge in [0.1, 0.15) is 5.92 Å². The molecule has 0 aliphatic rings. The highest BCUT2D eigenvalue weighted by atomic mass is 19.4. The molecule has 0 spiro atoms. The van der Waals surface area contributed by atoms with Gasteiger partial charge in [-0.15, -0.1) is 0 Å². The van der Waals surface area contributed by atoms with Crippen LogP contribution in [0.1, 0.15) is 18.7 Å². The van der Waals surface area contributed by atoms with Crippen LogP contribution >= 0.6 is 0 Å². The zero-order valence-corrected chi connectivity index (χ0v) is 9.81. The number of nitrogens with zero attached hydrogens (tertiary/aromatic N) is 2. The van der Waals surface area contributed by atoms with Gasteiger partial charge in [-0.1, -0.05) is 35.5 Å². The molecule has 100 valence electrons. The summed E-state index contributed by atoms with van der Waals surface area (Å²) in [6, 6.07) is 8.61. The summed E-state index contributed by atoms with van der Waals surface area (Å²) < 4.78 is 41.5. The summed E-state index contributed by atoms with van der Waals surface area (Å²) in [5.41, 5.74) is 0.601. The van der Waals surface area contributed by atoms with E-state index in [0.717, 1.165) is 6.92 Å². The fourth-order valence-corrected chi connectivity index (χ4v) is 1.47. The van der Waals surface area contributed by atoms with Gasteiger partial charge in [0.05, 0.1) is 0 Å². The third-order valence-electron chi connectivity index (χ3n) is 2.52. The van der Waals surface area contributed by atoms with Crippen LogP contribution in [0.15, 0.2) is 34.9 Å². The molecule has 0 N–H and O–H groups in total. The SMILES string of the molecule is CC(C(=O)C(F)(F)F)c1nc(-c2ccccc2)no1. The molecule has 1 heterocycles. The maximum Gasteiger partial charge on any atom is 0.450 e. The Kier molecular flexibility index (Phi) is 3.37. The van der Waals surface area contributed by atoms with Crippen LogP contribution in [-0.4, -0.2) is 22.1 Å². The molecule has 0 saturated carbocycles. The lowest BCUT2D eigenvalue weighted by molar-refractivity contribution is -0.172. The average Bonchev–Trinajstić information content (AvgIpc) is 2.86. The number of aromatic nitrogens is 2. The van der Waals surface area contributed by atoms with Crippen molar-refractivity contribution in [3.05, 3.63) is 36.2 Å². The summed E-state index contributed by atoms with van der Waals surface area (Å²) in [5, 5.41) is 3.57. The van der Waals surface area contributed by atoms with E-state index in [0.29, 0.717) is 5.56 Å². The second-order valence-corrected chi connectivity index (χ2v) is 3.91. The van der Waals surface area contributed by atoms with E-state index in [1.807, 2.05) is 0 Å². The number of Topliss-reactive ketones (excluding diaryl/α,β-unsaturated/α-hetero) is 1. The number of halogens is 3. The summed E-state index contributed by atoms with van der Waals surface area (Å²) in [5.74, 6) is -3.61. The molecule has 0 bridgehead atoms. The predicted molar refractivity (Wildman–Crippen MR) is 59.2 cm³/mol. The Morgan fingerprint density at radius 3 is 2.47 bits per heavy atom. The molecule has 0 saturated heterocycles. The van der Waals surface area contributed by atoms with Gasteiger partial charge < -0.3 is 4.52 Å². The van der Waals surface area contributed by atoms with Gasteiger partial charge in [0, 0.05) is 5.56 Å². The van der Waals surface area contributed by atoms with E-state index in [1.54, 1.807) is 30.3 Å². The maximum atomic E-state index is 12.3. The van der Waals surface area contributed by atoms with Crippen molar-refractivity contribution in [1.29, 1.82) is 0 Å². The Morgan fingerprint density at radius 2 is 1.89 bits per heavy atom. The minimum Gasteiger partial charge on any atom is -0.338 e. The Labute approximate surface area is 106 Å². The molecule has 0 amide bonds. The van der Waals surface area contributed by atoms with Crippen LogP contribution in [0.4, 0.5) is 13.2 Å².